The van der Waals surface area contributed by atoms with E-state index in [0.29, 0.717) is 3.57 Å². The number of rotatable bonds is 4. The lowest BCUT2D eigenvalue weighted by Gasteiger charge is -2.14. The van der Waals surface area contributed by atoms with E-state index >= 15 is 0 Å². The molecule has 0 radical (unpaired) electrons. The highest BCUT2D eigenvalue weighted by molar-refractivity contribution is 14.1. The molecule has 0 aliphatic heterocycles. The molecule has 0 spiro atoms. The van der Waals surface area contributed by atoms with E-state index in [1.54, 1.807) is 17.4 Å². The van der Waals surface area contributed by atoms with Crippen molar-refractivity contribution in [2.24, 2.45) is 0 Å². The van der Waals surface area contributed by atoms with Crippen LogP contribution in [0.5, 0.6) is 0 Å². The highest BCUT2D eigenvalue weighted by atomic mass is 127. The van der Waals surface area contributed by atoms with Crippen LogP contribution in [0, 0.1) is 7.14 Å². The van der Waals surface area contributed by atoms with Crippen LogP contribution >= 0.6 is 45.2 Å². The maximum absolute atomic E-state index is 12.9. The second-order valence-electron chi connectivity index (χ2n) is 3.42. The third-order valence-corrected chi connectivity index (χ3v) is 4.52. The third kappa shape index (κ3) is 4.46. The molecule has 1 amide bonds. The predicted octanol–water partition coefficient (Wildman–Crippen LogP) is 2.11. The molecule has 0 aromatic heterocycles. The van der Waals surface area contributed by atoms with E-state index < -0.39 is 27.8 Å². The van der Waals surface area contributed by atoms with E-state index in [4.69, 9.17) is 4.55 Å². The number of carbonyl (C=O) groups is 1. The van der Waals surface area contributed by atoms with Crippen molar-refractivity contribution in [1.29, 1.82) is 0 Å². The number of benzene rings is 1. The van der Waals surface area contributed by atoms with Crippen LogP contribution in [0.25, 0.3) is 0 Å². The number of hydrogen-bond donors (Lipinski definition) is 2. The lowest BCUT2D eigenvalue weighted by Crippen LogP contribution is -2.42. The zero-order chi connectivity index (χ0) is 14.8. The van der Waals surface area contributed by atoms with E-state index in [0.717, 1.165) is 3.57 Å². The van der Waals surface area contributed by atoms with Crippen molar-refractivity contribution in [3.8, 4) is 0 Å². The molecule has 1 aromatic rings. The maximum atomic E-state index is 12.9. The Hall–Kier alpha value is -0.0800. The molecular formula is C9H7F2I2NO4S. The molecule has 0 aliphatic carbocycles. The first-order valence-electron chi connectivity index (χ1n) is 4.63. The Morgan fingerprint density at radius 1 is 1.37 bits per heavy atom. The smallest absolute Gasteiger partial charge is 0.345 e. The Balaban J connectivity index is 2.85. The Labute approximate surface area is 135 Å². The molecule has 0 unspecified atom stereocenters. The predicted molar refractivity (Wildman–Crippen MR) is 80.7 cm³/mol. The van der Waals surface area contributed by atoms with Crippen molar-refractivity contribution in [1.82, 2.24) is 5.32 Å². The first-order valence-corrected chi connectivity index (χ1v) is 8.22. The molecule has 0 aliphatic rings. The summed E-state index contributed by atoms with van der Waals surface area (Å²) in [4.78, 5) is 11.7. The van der Waals surface area contributed by atoms with Crippen molar-refractivity contribution < 1.29 is 26.5 Å². The third-order valence-electron chi connectivity index (χ3n) is 2.01. The number of amides is 1. The molecule has 0 saturated carbocycles. The van der Waals surface area contributed by atoms with Crippen molar-refractivity contribution >= 4 is 61.2 Å². The fraction of sp³-hybridized carbons (Fsp3) is 0.222. The summed E-state index contributed by atoms with van der Waals surface area (Å²) in [5, 5.41) is -2.64. The summed E-state index contributed by atoms with van der Waals surface area (Å²) in [6.07, 6.45) is 0. The summed E-state index contributed by atoms with van der Waals surface area (Å²) < 4.78 is 56.2. The topological polar surface area (TPSA) is 83.5 Å². The normalized spacial score (nSPS) is 12.3. The number of halogens is 4. The molecule has 0 heterocycles. The van der Waals surface area contributed by atoms with Crippen molar-refractivity contribution in [3.63, 3.8) is 0 Å². The van der Waals surface area contributed by atoms with Gasteiger partial charge in [-0.05, 0) is 63.4 Å². The molecule has 0 atom stereocenters. The number of alkyl halides is 2. The molecule has 1 rings (SSSR count). The molecule has 0 bridgehead atoms. The first-order chi connectivity index (χ1) is 8.54. The van der Waals surface area contributed by atoms with Gasteiger partial charge in [0.25, 0.3) is 5.91 Å². The Kier molecular flexibility index (Phi) is 5.48. The standard InChI is InChI=1S/C9H7F2I2NO4S/c10-9(11,19(16,17)18)4-14-8(15)6-3-5(12)1-2-7(6)13/h1-3H,4H2,(H,14,15)(H,16,17,18). The highest BCUT2D eigenvalue weighted by Gasteiger charge is 2.44. The summed E-state index contributed by atoms with van der Waals surface area (Å²) in [5.74, 6) is -0.841. The highest BCUT2D eigenvalue weighted by Crippen LogP contribution is 2.20. The number of nitrogens with one attached hydrogen (secondary N) is 1. The van der Waals surface area contributed by atoms with Gasteiger partial charge in [-0.2, -0.15) is 17.2 Å². The largest absolute Gasteiger partial charge is 0.386 e. The second kappa shape index (κ2) is 6.13. The molecule has 0 fully saturated rings. The monoisotopic (exact) mass is 517 g/mol. The number of carbonyl (C=O) groups excluding carboxylic acids is 1. The lowest BCUT2D eigenvalue weighted by atomic mass is 10.2. The minimum absolute atomic E-state index is 0.152. The summed E-state index contributed by atoms with van der Waals surface area (Å²) in [6, 6.07) is 4.83. The quantitative estimate of drug-likeness (QED) is 0.474. The maximum Gasteiger partial charge on any atom is 0.386 e. The molecular weight excluding hydrogens is 510 g/mol. The zero-order valence-electron chi connectivity index (χ0n) is 9.03. The fourth-order valence-corrected chi connectivity index (χ4v) is 2.37. The van der Waals surface area contributed by atoms with E-state index in [1.165, 1.54) is 6.07 Å². The second-order valence-corrected chi connectivity index (χ2v) is 7.37. The van der Waals surface area contributed by atoms with E-state index in [-0.39, 0.29) is 5.56 Å². The van der Waals surface area contributed by atoms with Gasteiger partial charge in [0, 0.05) is 7.14 Å². The van der Waals surface area contributed by atoms with Crippen molar-refractivity contribution in [2.75, 3.05) is 6.54 Å². The van der Waals surface area contributed by atoms with Crippen molar-refractivity contribution in [2.45, 2.75) is 5.25 Å². The van der Waals surface area contributed by atoms with Crippen LogP contribution in [0.15, 0.2) is 18.2 Å². The van der Waals surface area contributed by atoms with Crippen LogP contribution in [-0.2, 0) is 10.1 Å². The number of hydrogen-bond acceptors (Lipinski definition) is 3. The van der Waals surface area contributed by atoms with Gasteiger partial charge >= 0.3 is 15.4 Å². The summed E-state index contributed by atoms with van der Waals surface area (Å²) in [7, 11) is -5.55. The van der Waals surface area contributed by atoms with Crippen LogP contribution in [0.2, 0.25) is 0 Å². The van der Waals surface area contributed by atoms with Crippen LogP contribution in [0.3, 0.4) is 0 Å². The van der Waals surface area contributed by atoms with E-state index in [9.17, 15) is 22.0 Å². The van der Waals surface area contributed by atoms with E-state index in [2.05, 4.69) is 0 Å². The van der Waals surface area contributed by atoms with Crippen LogP contribution in [-0.4, -0.2) is 30.7 Å². The van der Waals surface area contributed by atoms with Gasteiger partial charge in [-0.1, -0.05) is 0 Å². The molecule has 2 N–H and O–H groups in total. The average Bonchev–Trinajstić information content (AvgIpc) is 2.28. The first kappa shape index (κ1) is 17.0. The van der Waals surface area contributed by atoms with Gasteiger partial charge in [-0.3, -0.25) is 9.35 Å². The Morgan fingerprint density at radius 2 is 1.95 bits per heavy atom. The van der Waals surface area contributed by atoms with Gasteiger partial charge in [0.05, 0.1) is 12.1 Å². The molecule has 19 heavy (non-hydrogen) atoms. The van der Waals surface area contributed by atoms with Crippen LogP contribution in [0.1, 0.15) is 10.4 Å². The van der Waals surface area contributed by atoms with Gasteiger partial charge < -0.3 is 5.32 Å². The zero-order valence-corrected chi connectivity index (χ0v) is 14.2. The van der Waals surface area contributed by atoms with Gasteiger partial charge in [-0.25, -0.2) is 0 Å². The van der Waals surface area contributed by atoms with Crippen molar-refractivity contribution in [3.05, 3.63) is 30.9 Å². The summed E-state index contributed by atoms with van der Waals surface area (Å²) in [5.41, 5.74) is 0.152. The average molecular weight is 517 g/mol. The summed E-state index contributed by atoms with van der Waals surface area (Å²) >= 11 is 3.80. The SMILES string of the molecule is O=C(NCC(F)(F)S(=O)(=O)O)c1cc(I)ccc1I. The Morgan fingerprint density at radius 3 is 2.47 bits per heavy atom. The van der Waals surface area contributed by atoms with Gasteiger partial charge in [0.15, 0.2) is 0 Å². The van der Waals surface area contributed by atoms with Gasteiger partial charge in [0.1, 0.15) is 0 Å². The van der Waals surface area contributed by atoms with Gasteiger partial charge in [0.2, 0.25) is 0 Å². The molecule has 106 valence electrons. The minimum atomic E-state index is -5.55. The van der Waals surface area contributed by atoms with E-state index in [1.807, 2.05) is 45.2 Å². The fourth-order valence-electron chi connectivity index (χ4n) is 1.04. The minimum Gasteiger partial charge on any atom is -0.345 e. The van der Waals surface area contributed by atoms with Crippen LogP contribution < -0.4 is 5.32 Å². The molecule has 0 saturated heterocycles. The summed E-state index contributed by atoms with van der Waals surface area (Å²) in [6.45, 7) is -1.49. The van der Waals surface area contributed by atoms with Gasteiger partial charge in [-0.15, -0.1) is 0 Å². The molecule has 1 aromatic carbocycles. The lowest BCUT2D eigenvalue weighted by molar-refractivity contribution is 0.0699. The molecule has 10 heteroatoms. The Bertz CT molecular complexity index is 606. The molecule has 5 nitrogen and oxygen atoms in total. The van der Waals surface area contributed by atoms with Crippen LogP contribution in [0.4, 0.5) is 8.78 Å².